The molecule has 16 heavy (non-hydrogen) atoms. The first-order chi connectivity index (χ1) is 7.50. The molecule has 0 saturated heterocycles. The van der Waals surface area contributed by atoms with Crippen molar-refractivity contribution in [2.75, 3.05) is 0 Å². The summed E-state index contributed by atoms with van der Waals surface area (Å²) >= 11 is 0. The summed E-state index contributed by atoms with van der Waals surface area (Å²) in [5.41, 5.74) is 5.19. The molecule has 0 atom stereocenters. The van der Waals surface area contributed by atoms with Crippen LogP contribution in [0.15, 0.2) is 18.2 Å². The van der Waals surface area contributed by atoms with Crippen molar-refractivity contribution in [3.05, 3.63) is 35.4 Å². The van der Waals surface area contributed by atoms with E-state index in [-0.39, 0.29) is 12.0 Å². The molecule has 2 nitrogen and oxygen atoms in total. The fourth-order valence-corrected chi connectivity index (χ4v) is 1.93. The third kappa shape index (κ3) is 2.11. The lowest BCUT2D eigenvalue weighted by Gasteiger charge is -2.37. The third-order valence-corrected chi connectivity index (χ3v) is 3.09. The Labute approximate surface area is 92.4 Å². The van der Waals surface area contributed by atoms with E-state index in [1.807, 2.05) is 0 Å². The summed E-state index contributed by atoms with van der Waals surface area (Å²) in [5, 5.41) is 0. The molecule has 86 valence electrons. The van der Waals surface area contributed by atoms with Crippen LogP contribution in [-0.2, 0) is 0 Å². The van der Waals surface area contributed by atoms with Crippen LogP contribution in [0.1, 0.15) is 36.0 Å². The zero-order valence-electron chi connectivity index (χ0n) is 8.80. The monoisotopic (exact) mass is 225 g/mol. The Hall–Kier alpha value is -1.29. The molecule has 2 rings (SSSR count). The van der Waals surface area contributed by atoms with Crippen molar-refractivity contribution in [3.63, 3.8) is 0 Å². The molecule has 0 aromatic heterocycles. The van der Waals surface area contributed by atoms with Crippen LogP contribution in [0.3, 0.4) is 0 Å². The highest BCUT2D eigenvalue weighted by molar-refractivity contribution is 5.97. The average Bonchev–Trinajstić information content (AvgIpc) is 2.19. The first-order valence-electron chi connectivity index (χ1n) is 5.27. The topological polar surface area (TPSA) is 43.1 Å². The van der Waals surface area contributed by atoms with Crippen LogP contribution in [0.25, 0.3) is 0 Å². The van der Waals surface area contributed by atoms with Crippen LogP contribution in [-0.4, -0.2) is 11.3 Å². The van der Waals surface area contributed by atoms with Crippen LogP contribution in [0.5, 0.6) is 0 Å². The van der Waals surface area contributed by atoms with Crippen LogP contribution < -0.4 is 5.73 Å². The Kier molecular flexibility index (Phi) is 2.76. The molecule has 2 N–H and O–H groups in total. The Morgan fingerprint density at radius 2 is 2.06 bits per heavy atom. The summed E-state index contributed by atoms with van der Waals surface area (Å²) in [6.07, 6.45) is 2.63. The highest BCUT2D eigenvalue weighted by Gasteiger charge is 2.35. The van der Waals surface area contributed by atoms with Crippen molar-refractivity contribution in [2.24, 2.45) is 5.73 Å². The first-order valence-corrected chi connectivity index (χ1v) is 5.27. The summed E-state index contributed by atoms with van der Waals surface area (Å²) in [5.74, 6) is -1.71. The van der Waals surface area contributed by atoms with Crippen molar-refractivity contribution in [2.45, 2.75) is 31.2 Å². The van der Waals surface area contributed by atoms with Crippen LogP contribution in [0.4, 0.5) is 8.78 Å². The van der Waals surface area contributed by atoms with E-state index in [0.717, 1.165) is 37.5 Å². The molecule has 1 fully saturated rings. The molecule has 1 aromatic carbocycles. The van der Waals surface area contributed by atoms with Crippen molar-refractivity contribution in [3.8, 4) is 0 Å². The molecule has 0 unspecified atom stereocenters. The zero-order chi connectivity index (χ0) is 11.8. The summed E-state index contributed by atoms with van der Waals surface area (Å²) in [7, 11) is 0. The molecular formula is C12H13F2NO. The maximum atomic E-state index is 13.3. The standard InChI is InChI=1S/C12H13F2NO/c13-8-2-3-10(14)9(6-8)11(16)7-12(15)4-1-5-12/h2-3,6H,1,4-5,7,15H2. The fourth-order valence-electron chi connectivity index (χ4n) is 1.93. The maximum absolute atomic E-state index is 13.3. The number of ketones is 1. The van der Waals surface area contributed by atoms with Gasteiger partial charge in [-0.2, -0.15) is 0 Å². The highest BCUT2D eigenvalue weighted by Crippen LogP contribution is 2.33. The van der Waals surface area contributed by atoms with E-state index in [2.05, 4.69) is 0 Å². The van der Waals surface area contributed by atoms with E-state index in [0.29, 0.717) is 0 Å². The number of halogens is 2. The molecule has 1 aromatic rings. The van der Waals surface area contributed by atoms with Crippen molar-refractivity contribution >= 4 is 5.78 Å². The van der Waals surface area contributed by atoms with Crippen LogP contribution in [0.2, 0.25) is 0 Å². The summed E-state index contributed by atoms with van der Waals surface area (Å²) < 4.78 is 26.2. The smallest absolute Gasteiger partial charge is 0.167 e. The molecule has 1 aliphatic carbocycles. The van der Waals surface area contributed by atoms with Gasteiger partial charge in [0, 0.05) is 12.0 Å². The van der Waals surface area contributed by atoms with Crippen molar-refractivity contribution in [1.82, 2.24) is 0 Å². The van der Waals surface area contributed by atoms with Gasteiger partial charge in [0.2, 0.25) is 0 Å². The van der Waals surface area contributed by atoms with Crippen molar-refractivity contribution in [1.29, 1.82) is 0 Å². The number of nitrogens with two attached hydrogens (primary N) is 1. The zero-order valence-corrected chi connectivity index (χ0v) is 8.80. The second-order valence-corrected chi connectivity index (χ2v) is 4.44. The molecule has 0 heterocycles. The minimum Gasteiger partial charge on any atom is -0.325 e. The van der Waals surface area contributed by atoms with Crippen LogP contribution in [0, 0.1) is 11.6 Å². The molecule has 1 aliphatic rings. The maximum Gasteiger partial charge on any atom is 0.167 e. The van der Waals surface area contributed by atoms with E-state index >= 15 is 0 Å². The molecule has 0 aliphatic heterocycles. The number of carbonyl (C=O) groups excluding carboxylic acids is 1. The predicted molar refractivity (Wildman–Crippen MR) is 56.1 cm³/mol. The minimum absolute atomic E-state index is 0.0906. The van der Waals surface area contributed by atoms with E-state index in [1.165, 1.54) is 0 Å². The van der Waals surface area contributed by atoms with Gasteiger partial charge in [0.1, 0.15) is 11.6 Å². The SMILES string of the molecule is NC1(CC(=O)c2cc(F)ccc2F)CCC1. The number of rotatable bonds is 3. The molecular weight excluding hydrogens is 212 g/mol. The minimum atomic E-state index is -0.686. The quantitative estimate of drug-likeness (QED) is 0.803. The molecule has 4 heteroatoms. The number of carbonyl (C=O) groups is 1. The number of hydrogen-bond donors (Lipinski definition) is 1. The lowest BCUT2D eigenvalue weighted by molar-refractivity contribution is 0.0908. The van der Waals surface area contributed by atoms with E-state index in [1.54, 1.807) is 0 Å². The third-order valence-electron chi connectivity index (χ3n) is 3.09. The lowest BCUT2D eigenvalue weighted by Crippen LogP contribution is -2.48. The summed E-state index contributed by atoms with van der Waals surface area (Å²) in [4.78, 5) is 11.7. The Balaban J connectivity index is 2.17. The lowest BCUT2D eigenvalue weighted by atomic mass is 9.74. The molecule has 1 saturated carbocycles. The van der Waals surface area contributed by atoms with Gasteiger partial charge < -0.3 is 5.73 Å². The first kappa shape index (κ1) is 11.2. The van der Waals surface area contributed by atoms with Crippen molar-refractivity contribution < 1.29 is 13.6 Å². The molecule has 0 radical (unpaired) electrons. The van der Waals surface area contributed by atoms with Gasteiger partial charge in [-0.05, 0) is 37.5 Å². The largest absolute Gasteiger partial charge is 0.325 e. The van der Waals surface area contributed by atoms with Gasteiger partial charge in [-0.15, -0.1) is 0 Å². The Morgan fingerprint density at radius 3 is 2.62 bits per heavy atom. The number of hydrogen-bond acceptors (Lipinski definition) is 2. The van der Waals surface area contributed by atoms with E-state index in [4.69, 9.17) is 5.73 Å². The van der Waals surface area contributed by atoms with Gasteiger partial charge >= 0.3 is 0 Å². The predicted octanol–water partition coefficient (Wildman–Crippen LogP) is 2.42. The summed E-state index contributed by atoms with van der Waals surface area (Å²) in [6, 6.07) is 2.89. The highest BCUT2D eigenvalue weighted by atomic mass is 19.1. The van der Waals surface area contributed by atoms with E-state index in [9.17, 15) is 13.6 Å². The van der Waals surface area contributed by atoms with Gasteiger partial charge in [-0.3, -0.25) is 4.79 Å². The van der Waals surface area contributed by atoms with Gasteiger partial charge in [0.15, 0.2) is 5.78 Å². The average molecular weight is 225 g/mol. The van der Waals surface area contributed by atoms with Gasteiger partial charge in [-0.25, -0.2) is 8.78 Å². The molecule has 0 bridgehead atoms. The second kappa shape index (κ2) is 3.94. The van der Waals surface area contributed by atoms with E-state index < -0.39 is 23.0 Å². The normalized spacial score (nSPS) is 17.9. The van der Waals surface area contributed by atoms with Crippen LogP contribution >= 0.6 is 0 Å². The Morgan fingerprint density at radius 1 is 1.38 bits per heavy atom. The number of benzene rings is 1. The molecule has 0 spiro atoms. The fraction of sp³-hybridized carbons (Fsp3) is 0.417. The summed E-state index contributed by atoms with van der Waals surface area (Å²) in [6.45, 7) is 0. The number of Topliss-reactive ketones (excluding diaryl/α,β-unsaturated/α-hetero) is 1. The Bertz CT molecular complexity index is 427. The van der Waals surface area contributed by atoms with Gasteiger partial charge in [-0.1, -0.05) is 0 Å². The molecule has 0 amide bonds. The second-order valence-electron chi connectivity index (χ2n) is 4.44. The van der Waals surface area contributed by atoms with Gasteiger partial charge in [0.05, 0.1) is 5.56 Å². The van der Waals surface area contributed by atoms with Gasteiger partial charge in [0.25, 0.3) is 0 Å².